The summed E-state index contributed by atoms with van der Waals surface area (Å²) in [5, 5.41) is 10.2. The van der Waals surface area contributed by atoms with E-state index in [-0.39, 0.29) is 11.5 Å². The van der Waals surface area contributed by atoms with E-state index in [4.69, 9.17) is 16.3 Å². The van der Waals surface area contributed by atoms with Crippen LogP contribution < -0.4 is 4.74 Å². The Labute approximate surface area is 190 Å². The van der Waals surface area contributed by atoms with E-state index in [1.807, 2.05) is 6.92 Å². The summed E-state index contributed by atoms with van der Waals surface area (Å²) in [5.41, 5.74) is 1.33. The van der Waals surface area contributed by atoms with Gasteiger partial charge in [0.05, 0.1) is 22.8 Å². The first-order valence-electron chi connectivity index (χ1n) is 9.84. The molecule has 3 rings (SSSR count). The molecule has 1 aliphatic rings. The number of rotatable bonds is 7. The Balaban J connectivity index is 1.95. The number of aromatic carboxylic acids is 1. The Kier molecular flexibility index (Phi) is 7.41. The van der Waals surface area contributed by atoms with Crippen LogP contribution in [0.3, 0.4) is 0 Å². The molecule has 0 spiro atoms. The number of carboxylic acids is 1. The highest BCUT2D eigenvalue weighted by Crippen LogP contribution is 2.36. The fraction of sp³-hybridized carbons (Fsp3) is 0.261. The van der Waals surface area contributed by atoms with Crippen LogP contribution >= 0.6 is 23.4 Å². The molecular formula is C23H23ClN2O4S. The van der Waals surface area contributed by atoms with E-state index in [1.54, 1.807) is 41.3 Å². The second-order valence-corrected chi connectivity index (χ2v) is 8.74. The molecule has 31 heavy (non-hydrogen) atoms. The Bertz CT molecular complexity index is 1070. The molecule has 0 radical (unpaired) electrons. The van der Waals surface area contributed by atoms with Crippen LogP contribution in [0.25, 0.3) is 6.08 Å². The molecule has 6 nitrogen and oxygen atoms in total. The van der Waals surface area contributed by atoms with Crippen LogP contribution in [0.5, 0.6) is 5.75 Å². The second kappa shape index (κ2) is 10.0. The number of thioether (sulfide) groups is 1. The summed E-state index contributed by atoms with van der Waals surface area (Å²) >= 11 is 7.41. The van der Waals surface area contributed by atoms with Gasteiger partial charge in [-0.1, -0.05) is 31.5 Å². The van der Waals surface area contributed by atoms with E-state index in [0.29, 0.717) is 51.2 Å². The molecular weight excluding hydrogens is 436 g/mol. The summed E-state index contributed by atoms with van der Waals surface area (Å²) in [7, 11) is 0. The van der Waals surface area contributed by atoms with Gasteiger partial charge in [-0.2, -0.15) is 0 Å². The average Bonchev–Trinajstić information content (AvgIpc) is 3.01. The number of hydrogen-bond acceptors (Lipinski definition) is 5. The van der Waals surface area contributed by atoms with E-state index in [1.165, 1.54) is 23.9 Å². The van der Waals surface area contributed by atoms with Gasteiger partial charge in [0, 0.05) is 17.1 Å². The lowest BCUT2D eigenvalue weighted by Gasteiger charge is -2.12. The number of carbonyl (C=O) groups excluding carboxylic acids is 1. The number of amidine groups is 1. The van der Waals surface area contributed by atoms with Crippen LogP contribution in [0.2, 0.25) is 5.02 Å². The van der Waals surface area contributed by atoms with Crippen molar-refractivity contribution < 1.29 is 19.4 Å². The van der Waals surface area contributed by atoms with Crippen molar-refractivity contribution in [3.8, 4) is 5.75 Å². The Morgan fingerprint density at radius 1 is 1.29 bits per heavy atom. The molecule has 0 unspecified atom stereocenters. The minimum atomic E-state index is -1.03. The molecule has 0 atom stereocenters. The van der Waals surface area contributed by atoms with E-state index in [9.17, 15) is 14.7 Å². The van der Waals surface area contributed by atoms with Gasteiger partial charge < -0.3 is 9.84 Å². The number of benzene rings is 2. The van der Waals surface area contributed by atoms with Crippen LogP contribution in [0.4, 0.5) is 5.69 Å². The van der Waals surface area contributed by atoms with E-state index >= 15 is 0 Å². The zero-order valence-corrected chi connectivity index (χ0v) is 19.0. The number of likely N-dealkylation sites (N-methyl/N-ethyl adjacent to an activating group) is 1. The largest absolute Gasteiger partial charge is 0.493 e. The molecule has 1 heterocycles. The van der Waals surface area contributed by atoms with Crippen molar-refractivity contribution in [3.05, 3.63) is 63.5 Å². The summed E-state index contributed by atoms with van der Waals surface area (Å²) < 4.78 is 5.89. The third-order valence-electron chi connectivity index (χ3n) is 4.35. The Hall–Kier alpha value is -2.77. The minimum Gasteiger partial charge on any atom is -0.493 e. The maximum Gasteiger partial charge on any atom is 0.335 e. The highest BCUT2D eigenvalue weighted by molar-refractivity contribution is 8.18. The van der Waals surface area contributed by atoms with Gasteiger partial charge in [-0.05, 0) is 67.1 Å². The van der Waals surface area contributed by atoms with Gasteiger partial charge in [-0.15, -0.1) is 0 Å². The number of ether oxygens (including phenoxy) is 1. The van der Waals surface area contributed by atoms with Crippen molar-refractivity contribution >= 4 is 52.2 Å². The zero-order chi connectivity index (χ0) is 22.5. The highest BCUT2D eigenvalue weighted by atomic mass is 35.5. The smallest absolute Gasteiger partial charge is 0.335 e. The number of carboxylic acid groups (broad SMARTS) is 1. The third kappa shape index (κ3) is 5.68. The molecule has 1 N–H and O–H groups in total. The predicted molar refractivity (Wildman–Crippen MR) is 125 cm³/mol. The van der Waals surface area contributed by atoms with Crippen molar-refractivity contribution in [2.24, 2.45) is 10.9 Å². The van der Waals surface area contributed by atoms with Crippen molar-refractivity contribution in [2.45, 2.75) is 20.8 Å². The summed E-state index contributed by atoms with van der Waals surface area (Å²) in [6, 6.07) is 11.6. The molecule has 0 aliphatic carbocycles. The lowest BCUT2D eigenvalue weighted by Crippen LogP contribution is -2.28. The number of nitrogens with zero attached hydrogens (tertiary/aromatic N) is 2. The van der Waals surface area contributed by atoms with Crippen molar-refractivity contribution in [2.75, 3.05) is 13.2 Å². The molecule has 0 bridgehead atoms. The van der Waals surface area contributed by atoms with Crippen LogP contribution in [0.15, 0.2) is 52.4 Å². The average molecular weight is 459 g/mol. The van der Waals surface area contributed by atoms with Crippen LogP contribution in [-0.4, -0.2) is 40.2 Å². The number of amides is 1. The molecule has 1 fully saturated rings. The van der Waals surface area contributed by atoms with Gasteiger partial charge in [0.2, 0.25) is 0 Å². The van der Waals surface area contributed by atoms with Gasteiger partial charge in [-0.25, -0.2) is 9.79 Å². The second-order valence-electron chi connectivity index (χ2n) is 7.30. The summed E-state index contributed by atoms with van der Waals surface area (Å²) in [6.45, 7) is 6.97. The molecule has 2 aromatic rings. The van der Waals surface area contributed by atoms with Crippen molar-refractivity contribution in [1.82, 2.24) is 4.90 Å². The quantitative estimate of drug-likeness (QED) is 0.538. The topological polar surface area (TPSA) is 79.2 Å². The molecule has 162 valence electrons. The van der Waals surface area contributed by atoms with Crippen LogP contribution in [-0.2, 0) is 4.79 Å². The van der Waals surface area contributed by atoms with E-state index in [0.717, 1.165) is 0 Å². The first-order valence-corrected chi connectivity index (χ1v) is 11.0. The molecule has 1 aliphatic heterocycles. The fourth-order valence-electron chi connectivity index (χ4n) is 2.85. The lowest BCUT2D eigenvalue weighted by atomic mass is 10.1. The van der Waals surface area contributed by atoms with Gasteiger partial charge in [-0.3, -0.25) is 9.69 Å². The number of aliphatic imine (C=N–C) groups is 1. The first-order chi connectivity index (χ1) is 14.8. The Morgan fingerprint density at radius 3 is 2.74 bits per heavy atom. The van der Waals surface area contributed by atoms with Gasteiger partial charge >= 0.3 is 5.97 Å². The van der Waals surface area contributed by atoms with Crippen LogP contribution in [0, 0.1) is 5.92 Å². The monoisotopic (exact) mass is 458 g/mol. The molecule has 0 saturated carbocycles. The maximum absolute atomic E-state index is 13.0. The third-order valence-corrected chi connectivity index (χ3v) is 5.59. The predicted octanol–water partition coefficient (Wildman–Crippen LogP) is 5.70. The lowest BCUT2D eigenvalue weighted by molar-refractivity contribution is -0.122. The molecule has 1 amide bonds. The summed E-state index contributed by atoms with van der Waals surface area (Å²) in [6.07, 6.45) is 1.76. The minimum absolute atomic E-state index is 0.140. The summed E-state index contributed by atoms with van der Waals surface area (Å²) in [4.78, 5) is 30.8. The molecule has 0 aromatic heterocycles. The highest BCUT2D eigenvalue weighted by Gasteiger charge is 2.32. The molecule has 1 saturated heterocycles. The SMILES string of the molecule is CCN1C(=O)/C(=C\c2cc(Cl)ccc2OCC(C)C)SC1=Nc1cccc(C(=O)O)c1. The fourth-order valence-corrected chi connectivity index (χ4v) is 4.08. The normalized spacial score (nSPS) is 16.5. The van der Waals surface area contributed by atoms with Gasteiger partial charge in [0.1, 0.15) is 5.75 Å². The zero-order valence-electron chi connectivity index (χ0n) is 17.5. The van der Waals surface area contributed by atoms with Gasteiger partial charge in [0.15, 0.2) is 5.17 Å². The Morgan fingerprint density at radius 2 is 2.06 bits per heavy atom. The number of carbonyl (C=O) groups is 2. The maximum atomic E-state index is 13.0. The first kappa shape index (κ1) is 22.9. The molecule has 2 aromatic carbocycles. The number of hydrogen-bond donors (Lipinski definition) is 1. The van der Waals surface area contributed by atoms with Gasteiger partial charge in [0.25, 0.3) is 5.91 Å². The molecule has 8 heteroatoms. The van der Waals surface area contributed by atoms with Crippen LogP contribution in [0.1, 0.15) is 36.7 Å². The standard InChI is InChI=1S/C23H23ClN2O4S/c1-4-26-21(27)20(12-16-10-17(24)8-9-19(16)30-13-14(2)3)31-23(26)25-18-7-5-6-15(11-18)22(28)29/h5-12,14H,4,13H2,1-3H3,(H,28,29)/b20-12+,25-23?. The summed E-state index contributed by atoms with van der Waals surface area (Å²) in [5.74, 6) is -0.188. The van der Waals surface area contributed by atoms with E-state index in [2.05, 4.69) is 18.8 Å². The van der Waals surface area contributed by atoms with Crippen molar-refractivity contribution in [3.63, 3.8) is 0 Å². The van der Waals surface area contributed by atoms with Crippen molar-refractivity contribution in [1.29, 1.82) is 0 Å². The van der Waals surface area contributed by atoms with E-state index < -0.39 is 5.97 Å². The number of halogens is 1.